The number of aliphatic hydroxyl groups is 1. The smallest absolute Gasteiger partial charge is 0.335 e. The van der Waals surface area contributed by atoms with Crippen LogP contribution in [0.4, 0.5) is 0 Å². The van der Waals surface area contributed by atoms with Crippen LogP contribution in [0.3, 0.4) is 0 Å². The number of ether oxygens (including phenoxy) is 1. The molecule has 1 rings (SSSR count). The average Bonchev–Trinajstić information content (AvgIpc) is 2.36. The van der Waals surface area contributed by atoms with Gasteiger partial charge in [-0.05, 0) is 0 Å². The molecule has 92 valence electrons. The lowest BCUT2D eigenvalue weighted by molar-refractivity contribution is -0.136. The van der Waals surface area contributed by atoms with Gasteiger partial charge in [-0.3, -0.25) is 0 Å². The van der Waals surface area contributed by atoms with Crippen molar-refractivity contribution in [1.29, 1.82) is 0 Å². The van der Waals surface area contributed by atoms with Crippen LogP contribution in [0.5, 0.6) is 0 Å². The molecule has 0 aliphatic rings. The molecule has 4 heteroatoms. The van der Waals surface area contributed by atoms with Crippen LogP contribution in [0.15, 0.2) is 41.6 Å². The summed E-state index contributed by atoms with van der Waals surface area (Å²) in [5.41, 5.74) is 2.22. The van der Waals surface area contributed by atoms with Gasteiger partial charge < -0.3 is 9.84 Å². The molecule has 0 aliphatic carbocycles. The second-order valence-electron chi connectivity index (χ2n) is 4.41. The Balaban J connectivity index is 3.06. The van der Waals surface area contributed by atoms with E-state index in [0.717, 1.165) is 0 Å². The maximum absolute atomic E-state index is 11.4. The topological polar surface area (TPSA) is 46.5 Å². The van der Waals surface area contributed by atoms with E-state index in [-0.39, 0.29) is 6.61 Å². The zero-order valence-electron chi connectivity index (χ0n) is 10.4. The van der Waals surface area contributed by atoms with Crippen LogP contribution in [0.1, 0.15) is 0 Å². The molecule has 1 N–H and O–H groups in total. The van der Waals surface area contributed by atoms with Gasteiger partial charge in [-0.15, -0.1) is 0 Å². The van der Waals surface area contributed by atoms with Gasteiger partial charge in [0, 0.05) is 0 Å². The maximum atomic E-state index is 11.4. The fourth-order valence-corrected chi connectivity index (χ4v) is 3.99. The Labute approximate surface area is 103 Å². The summed E-state index contributed by atoms with van der Waals surface area (Å²) in [6.45, 7) is 3.97. The van der Waals surface area contributed by atoms with Gasteiger partial charge >= 0.3 is 5.97 Å². The van der Waals surface area contributed by atoms with Gasteiger partial charge in [-0.25, -0.2) is 4.79 Å². The predicted octanol–water partition coefficient (Wildman–Crippen LogP) is 1.23. The first-order chi connectivity index (χ1) is 8.01. The molecule has 1 aromatic carbocycles. The van der Waals surface area contributed by atoms with E-state index in [1.165, 1.54) is 12.3 Å². The number of carbonyl (C=O) groups excluding carboxylic acids is 1. The molecule has 0 heterocycles. The van der Waals surface area contributed by atoms with Crippen molar-refractivity contribution < 1.29 is 14.6 Å². The Morgan fingerprint density at radius 2 is 1.94 bits per heavy atom. The standard InChI is InChI=1S/C13H18O3Si/c1-16-13(15)11(9-14)10-17(2,3)12-7-5-4-6-8-12/h4-8,10,14H,9H2,1-3H3/b11-10-. The van der Waals surface area contributed by atoms with E-state index in [4.69, 9.17) is 0 Å². The molecular formula is C13H18O3Si. The van der Waals surface area contributed by atoms with Crippen LogP contribution in [0, 0.1) is 0 Å². The molecule has 17 heavy (non-hydrogen) atoms. The highest BCUT2D eigenvalue weighted by molar-refractivity contribution is 6.94. The van der Waals surface area contributed by atoms with Crippen molar-refractivity contribution >= 4 is 19.2 Å². The number of hydrogen-bond donors (Lipinski definition) is 1. The zero-order chi connectivity index (χ0) is 12.9. The molecule has 0 radical (unpaired) electrons. The van der Waals surface area contributed by atoms with Gasteiger partial charge in [0.25, 0.3) is 0 Å². The van der Waals surface area contributed by atoms with E-state index >= 15 is 0 Å². The number of benzene rings is 1. The normalized spacial score (nSPS) is 12.4. The molecule has 0 unspecified atom stereocenters. The quantitative estimate of drug-likeness (QED) is 0.497. The minimum atomic E-state index is -1.87. The van der Waals surface area contributed by atoms with Crippen LogP contribution >= 0.6 is 0 Å². The van der Waals surface area contributed by atoms with E-state index in [1.54, 1.807) is 0 Å². The molecule has 1 aromatic rings. The van der Waals surface area contributed by atoms with Crippen LogP contribution in [-0.4, -0.2) is 32.9 Å². The Hall–Kier alpha value is -1.39. The van der Waals surface area contributed by atoms with E-state index in [0.29, 0.717) is 5.57 Å². The van der Waals surface area contributed by atoms with Crippen LogP contribution in [-0.2, 0) is 9.53 Å². The molecule has 0 saturated heterocycles. The number of aliphatic hydroxyl groups excluding tert-OH is 1. The van der Waals surface area contributed by atoms with Crippen molar-refractivity contribution in [1.82, 2.24) is 0 Å². The summed E-state index contributed by atoms with van der Waals surface area (Å²) in [5, 5.41) is 10.4. The van der Waals surface area contributed by atoms with Crippen LogP contribution in [0.2, 0.25) is 13.1 Å². The summed E-state index contributed by atoms with van der Waals surface area (Å²) < 4.78 is 4.64. The van der Waals surface area contributed by atoms with Crippen molar-refractivity contribution in [2.45, 2.75) is 13.1 Å². The van der Waals surface area contributed by atoms with Gasteiger partial charge in [0.05, 0.1) is 19.3 Å². The lowest BCUT2D eigenvalue weighted by Crippen LogP contribution is -2.40. The highest BCUT2D eigenvalue weighted by Gasteiger charge is 2.23. The van der Waals surface area contributed by atoms with E-state index < -0.39 is 14.0 Å². The predicted molar refractivity (Wildman–Crippen MR) is 70.7 cm³/mol. The second-order valence-corrected chi connectivity index (χ2v) is 8.72. The Morgan fingerprint density at radius 1 is 1.35 bits per heavy atom. The third-order valence-corrected chi connectivity index (χ3v) is 5.56. The van der Waals surface area contributed by atoms with Crippen molar-refractivity contribution in [2.75, 3.05) is 13.7 Å². The second kappa shape index (κ2) is 5.79. The van der Waals surface area contributed by atoms with Crippen molar-refractivity contribution in [3.8, 4) is 0 Å². The van der Waals surface area contributed by atoms with Crippen molar-refractivity contribution in [3.05, 3.63) is 41.6 Å². The first kappa shape index (κ1) is 13.7. The highest BCUT2D eigenvalue weighted by Crippen LogP contribution is 2.09. The van der Waals surface area contributed by atoms with E-state index in [1.807, 2.05) is 23.9 Å². The Morgan fingerprint density at radius 3 is 2.41 bits per heavy atom. The number of esters is 1. The lowest BCUT2D eigenvalue weighted by atomic mass is 10.3. The first-order valence-corrected chi connectivity index (χ1v) is 8.55. The van der Waals surface area contributed by atoms with Gasteiger partial charge in [0.1, 0.15) is 8.07 Å². The molecule has 0 fully saturated rings. The summed E-state index contributed by atoms with van der Waals surface area (Å²) in [4.78, 5) is 11.4. The monoisotopic (exact) mass is 250 g/mol. The molecule has 0 aliphatic heterocycles. The number of carbonyl (C=O) groups is 1. The lowest BCUT2D eigenvalue weighted by Gasteiger charge is -2.19. The number of methoxy groups -OCH3 is 1. The molecule has 0 amide bonds. The molecule has 0 bridgehead atoms. The SMILES string of the molecule is COC(=O)/C(=C\[Si](C)(C)c1ccccc1)CO. The number of hydrogen-bond acceptors (Lipinski definition) is 3. The van der Waals surface area contributed by atoms with Gasteiger partial charge in [-0.1, -0.05) is 54.3 Å². The molecule has 3 nitrogen and oxygen atoms in total. The summed E-state index contributed by atoms with van der Waals surface area (Å²) in [6.07, 6.45) is 0. The molecule has 0 atom stereocenters. The maximum Gasteiger partial charge on any atom is 0.335 e. The van der Waals surface area contributed by atoms with E-state index in [9.17, 15) is 9.90 Å². The fraction of sp³-hybridized carbons (Fsp3) is 0.308. The zero-order valence-corrected chi connectivity index (χ0v) is 11.4. The van der Waals surface area contributed by atoms with Gasteiger partial charge in [-0.2, -0.15) is 0 Å². The van der Waals surface area contributed by atoms with Crippen LogP contribution < -0.4 is 5.19 Å². The van der Waals surface area contributed by atoms with E-state index in [2.05, 4.69) is 30.0 Å². The third-order valence-electron chi connectivity index (χ3n) is 2.67. The molecule has 0 spiro atoms. The third kappa shape index (κ3) is 3.54. The minimum Gasteiger partial charge on any atom is -0.466 e. The van der Waals surface area contributed by atoms with Gasteiger partial charge in [0.15, 0.2) is 0 Å². The average molecular weight is 250 g/mol. The summed E-state index contributed by atoms with van der Waals surface area (Å²) in [5.74, 6) is -0.455. The fourth-order valence-electron chi connectivity index (χ4n) is 1.69. The molecular weight excluding hydrogens is 232 g/mol. The Kier molecular flexibility index (Phi) is 4.66. The highest BCUT2D eigenvalue weighted by atomic mass is 28.3. The van der Waals surface area contributed by atoms with Crippen molar-refractivity contribution in [3.63, 3.8) is 0 Å². The number of rotatable bonds is 4. The summed E-state index contributed by atoms with van der Waals surface area (Å²) >= 11 is 0. The van der Waals surface area contributed by atoms with Gasteiger partial charge in [0.2, 0.25) is 0 Å². The molecule has 0 saturated carbocycles. The van der Waals surface area contributed by atoms with Crippen LogP contribution in [0.25, 0.3) is 0 Å². The summed E-state index contributed by atoms with van der Waals surface area (Å²) in [6, 6.07) is 10.0. The Bertz CT molecular complexity index is 410. The first-order valence-electron chi connectivity index (χ1n) is 5.47. The minimum absolute atomic E-state index is 0.282. The molecule has 0 aromatic heterocycles. The van der Waals surface area contributed by atoms with Crippen molar-refractivity contribution in [2.24, 2.45) is 0 Å². The summed E-state index contributed by atoms with van der Waals surface area (Å²) in [7, 11) is -0.543. The largest absolute Gasteiger partial charge is 0.466 e.